The fourth-order valence-corrected chi connectivity index (χ4v) is 4.65. The van der Waals surface area contributed by atoms with E-state index in [0.29, 0.717) is 22.1 Å². The lowest BCUT2D eigenvalue weighted by Gasteiger charge is -2.05. The molecule has 0 fully saturated rings. The molecule has 4 heterocycles. The van der Waals surface area contributed by atoms with Crippen molar-refractivity contribution in [2.75, 3.05) is 7.05 Å². The molecule has 4 aromatic heterocycles. The van der Waals surface area contributed by atoms with Crippen LogP contribution >= 0.6 is 22.7 Å². The van der Waals surface area contributed by atoms with Gasteiger partial charge in [-0.3, -0.25) is 9.98 Å². The van der Waals surface area contributed by atoms with Gasteiger partial charge in [-0.05, 0) is 42.6 Å². The number of pyridine rings is 2. The van der Waals surface area contributed by atoms with Gasteiger partial charge in [0.05, 0.1) is 27.2 Å². The number of hydrogen-bond acceptors (Lipinski definition) is 6. The van der Waals surface area contributed by atoms with Crippen LogP contribution in [0.25, 0.3) is 31.2 Å². The van der Waals surface area contributed by atoms with Crippen LogP contribution in [0, 0.1) is 12.7 Å². The molecule has 0 saturated heterocycles. The molecule has 0 aliphatic carbocycles. The summed E-state index contributed by atoms with van der Waals surface area (Å²) in [5.41, 5.74) is 2.96. The topological polar surface area (TPSA) is 63.4 Å². The van der Waals surface area contributed by atoms with Crippen LogP contribution in [-0.4, -0.2) is 34.6 Å². The Morgan fingerprint density at radius 3 is 2.66 bits per heavy atom. The van der Waals surface area contributed by atoms with Gasteiger partial charge in [-0.1, -0.05) is 0 Å². The molecule has 0 atom stereocenters. The Bertz CT molecular complexity index is 1210. The minimum absolute atomic E-state index is 0.386. The summed E-state index contributed by atoms with van der Waals surface area (Å²) in [4.78, 5) is 22.4. The minimum Gasteiger partial charge on any atom is -0.268 e. The summed E-state index contributed by atoms with van der Waals surface area (Å²) in [6, 6.07) is 5.50. The van der Waals surface area contributed by atoms with Crippen LogP contribution < -0.4 is 0 Å². The summed E-state index contributed by atoms with van der Waals surface area (Å²) in [5, 5.41) is 3.78. The van der Waals surface area contributed by atoms with Gasteiger partial charge in [-0.25, -0.2) is 19.4 Å². The molecule has 0 N–H and O–H groups in total. The van der Waals surface area contributed by atoms with Crippen LogP contribution in [0.4, 0.5) is 4.39 Å². The highest BCUT2D eigenvalue weighted by Crippen LogP contribution is 2.37. The first-order chi connectivity index (χ1) is 14.1. The molecule has 0 amide bonds. The van der Waals surface area contributed by atoms with Gasteiger partial charge < -0.3 is 0 Å². The third-order valence-corrected chi connectivity index (χ3v) is 6.16. The summed E-state index contributed by atoms with van der Waals surface area (Å²) >= 11 is 3.05. The molecule has 29 heavy (non-hydrogen) atoms. The molecule has 146 valence electrons. The zero-order valence-electron chi connectivity index (χ0n) is 16.0. The van der Waals surface area contributed by atoms with E-state index in [-0.39, 0.29) is 5.82 Å². The highest BCUT2D eigenvalue weighted by Gasteiger charge is 2.17. The van der Waals surface area contributed by atoms with Crippen LogP contribution in [0.1, 0.15) is 11.4 Å². The highest BCUT2D eigenvalue weighted by molar-refractivity contribution is 7.18. The van der Waals surface area contributed by atoms with Gasteiger partial charge >= 0.3 is 0 Å². The van der Waals surface area contributed by atoms with Gasteiger partial charge in [-0.2, -0.15) is 0 Å². The number of rotatable bonds is 3. The molecule has 0 spiro atoms. The maximum atomic E-state index is 13.5. The lowest BCUT2D eigenvalue weighted by molar-refractivity contribution is 0.622. The number of fused-ring (bicyclic) bond motifs is 1. The van der Waals surface area contributed by atoms with E-state index < -0.39 is 0 Å². The van der Waals surface area contributed by atoms with Crippen LogP contribution in [0.15, 0.2) is 59.1 Å². The van der Waals surface area contributed by atoms with Crippen LogP contribution in [0.3, 0.4) is 0 Å². The summed E-state index contributed by atoms with van der Waals surface area (Å²) in [5.74, 6) is 0.115. The quantitative estimate of drug-likeness (QED) is 0.237. The van der Waals surface area contributed by atoms with E-state index in [4.69, 9.17) is 4.98 Å². The average Bonchev–Trinajstić information content (AvgIpc) is 3.37. The number of aromatic nitrogens is 3. The predicted molar refractivity (Wildman–Crippen MR) is 122 cm³/mol. The first kappa shape index (κ1) is 20.6. The number of thiophene rings is 1. The van der Waals surface area contributed by atoms with Crippen molar-refractivity contribution in [3.63, 3.8) is 0 Å². The highest BCUT2D eigenvalue weighted by atomic mass is 32.1. The van der Waals surface area contributed by atoms with Crippen molar-refractivity contribution < 1.29 is 4.39 Å². The standard InChI is InChI=1S/C19H14FN5S2.C2H4/c1-10-16(27-19(24-10)12-6-13(20)9-23-8-12)14-7-11-4-5-26-17(11)15(25-14)18(21-2)22-3;1-2/h4-9H,2H2,1,3H3;1-2H2. The van der Waals surface area contributed by atoms with E-state index in [1.807, 2.05) is 24.4 Å². The molecule has 8 heteroatoms. The molecule has 4 rings (SSSR count). The molecule has 0 aliphatic rings. The van der Waals surface area contributed by atoms with Crippen molar-refractivity contribution in [1.82, 2.24) is 15.0 Å². The van der Waals surface area contributed by atoms with Crippen molar-refractivity contribution in [3.8, 4) is 21.1 Å². The average molecular weight is 424 g/mol. The number of halogens is 1. The van der Waals surface area contributed by atoms with E-state index in [2.05, 4.69) is 39.8 Å². The molecule has 0 radical (unpaired) electrons. The summed E-state index contributed by atoms with van der Waals surface area (Å²) < 4.78 is 14.5. The zero-order valence-corrected chi connectivity index (χ0v) is 17.6. The number of nitrogens with zero attached hydrogens (tertiary/aromatic N) is 5. The van der Waals surface area contributed by atoms with Crippen molar-refractivity contribution in [1.29, 1.82) is 0 Å². The Kier molecular flexibility index (Phi) is 6.36. The summed E-state index contributed by atoms with van der Waals surface area (Å²) in [6.07, 6.45) is 2.78. The van der Waals surface area contributed by atoms with Crippen molar-refractivity contribution in [2.24, 2.45) is 9.98 Å². The van der Waals surface area contributed by atoms with E-state index in [9.17, 15) is 4.39 Å². The number of hydrogen-bond donors (Lipinski definition) is 0. The molecular formula is C21H18FN5S2. The Balaban J connectivity index is 0.00000117. The smallest absolute Gasteiger partial charge is 0.174 e. The first-order valence-electron chi connectivity index (χ1n) is 8.51. The summed E-state index contributed by atoms with van der Waals surface area (Å²) in [7, 11) is 1.67. The largest absolute Gasteiger partial charge is 0.268 e. The third kappa shape index (κ3) is 4.03. The van der Waals surface area contributed by atoms with E-state index in [1.54, 1.807) is 24.6 Å². The molecule has 4 aromatic rings. The Morgan fingerprint density at radius 2 is 1.97 bits per heavy atom. The molecule has 0 aliphatic heterocycles. The Morgan fingerprint density at radius 1 is 1.17 bits per heavy atom. The maximum absolute atomic E-state index is 13.5. The first-order valence-corrected chi connectivity index (χ1v) is 10.2. The van der Waals surface area contributed by atoms with E-state index in [1.165, 1.54) is 23.6 Å². The number of thiazole rings is 1. The van der Waals surface area contributed by atoms with Gasteiger partial charge in [0.1, 0.15) is 16.5 Å². The van der Waals surface area contributed by atoms with Gasteiger partial charge in [0.2, 0.25) is 0 Å². The Hall–Kier alpha value is -3.10. The molecular weight excluding hydrogens is 405 g/mol. The SMILES string of the molecule is C=C.C=NC(=NC)c1nc(-c2sc(-c3cncc(F)c3)nc2C)cc2ccsc12. The molecule has 5 nitrogen and oxygen atoms in total. The summed E-state index contributed by atoms with van der Waals surface area (Å²) in [6.45, 7) is 11.5. The van der Waals surface area contributed by atoms with E-state index >= 15 is 0 Å². The number of amidine groups is 1. The normalized spacial score (nSPS) is 11.2. The molecule has 0 bridgehead atoms. The third-order valence-electron chi connectivity index (χ3n) is 3.99. The Labute approximate surface area is 176 Å². The monoisotopic (exact) mass is 423 g/mol. The van der Waals surface area contributed by atoms with Crippen LogP contribution in [0.5, 0.6) is 0 Å². The van der Waals surface area contributed by atoms with Crippen molar-refractivity contribution in [2.45, 2.75) is 6.92 Å². The second-order valence-corrected chi connectivity index (χ2v) is 7.64. The lowest BCUT2D eigenvalue weighted by atomic mass is 10.2. The van der Waals surface area contributed by atoms with E-state index in [0.717, 1.165) is 26.4 Å². The number of aliphatic imine (C=N–C) groups is 2. The number of aryl methyl sites for hydroxylation is 1. The van der Waals surface area contributed by atoms with Gasteiger partial charge in [0.15, 0.2) is 5.84 Å². The van der Waals surface area contributed by atoms with Gasteiger partial charge in [-0.15, -0.1) is 35.8 Å². The maximum Gasteiger partial charge on any atom is 0.174 e. The zero-order chi connectivity index (χ0) is 21.0. The van der Waals surface area contributed by atoms with Gasteiger partial charge in [0.25, 0.3) is 0 Å². The van der Waals surface area contributed by atoms with Gasteiger partial charge in [0, 0.05) is 18.8 Å². The van der Waals surface area contributed by atoms with Crippen molar-refractivity contribution >= 4 is 45.3 Å². The molecule has 0 aromatic carbocycles. The second-order valence-electron chi connectivity index (χ2n) is 5.73. The molecule has 0 unspecified atom stereocenters. The fraction of sp³-hybridized carbons (Fsp3) is 0.0952. The fourth-order valence-electron chi connectivity index (χ4n) is 2.78. The van der Waals surface area contributed by atoms with Crippen molar-refractivity contribution in [3.05, 3.63) is 66.3 Å². The lowest BCUT2D eigenvalue weighted by Crippen LogP contribution is -2.01. The minimum atomic E-state index is -0.386. The van der Waals surface area contributed by atoms with Crippen LogP contribution in [0.2, 0.25) is 0 Å². The predicted octanol–water partition coefficient (Wildman–Crippen LogP) is 5.81. The molecule has 0 saturated carbocycles. The van der Waals surface area contributed by atoms with Crippen LogP contribution in [-0.2, 0) is 0 Å². The second kappa shape index (κ2) is 8.93.